The molecule has 0 atom stereocenters. The number of H-pyrrole nitrogens is 1. The van der Waals surface area contributed by atoms with Crippen molar-refractivity contribution < 1.29 is 14.3 Å². The van der Waals surface area contributed by atoms with Gasteiger partial charge in [0.15, 0.2) is 6.61 Å². The highest BCUT2D eigenvalue weighted by atomic mass is 16.5. The van der Waals surface area contributed by atoms with E-state index in [1.807, 2.05) is 36.4 Å². The molecule has 0 fully saturated rings. The lowest BCUT2D eigenvalue weighted by Crippen LogP contribution is -2.33. The third-order valence-corrected chi connectivity index (χ3v) is 4.60. The summed E-state index contributed by atoms with van der Waals surface area (Å²) in [6, 6.07) is 19.3. The molecule has 0 aliphatic carbocycles. The van der Waals surface area contributed by atoms with Crippen LogP contribution in [0.25, 0.3) is 21.5 Å². The van der Waals surface area contributed by atoms with E-state index >= 15 is 0 Å². The SMILES string of the molecule is O=C(COC(=O)Cn1[nH]c(=O)c2ccccc2c1=O)Nc1cccc2ccccc12. The molecule has 0 unspecified atom stereocenters. The second kappa shape index (κ2) is 8.04. The maximum Gasteiger partial charge on any atom is 0.328 e. The fourth-order valence-electron chi connectivity index (χ4n) is 3.20. The van der Waals surface area contributed by atoms with Gasteiger partial charge in [-0.25, -0.2) is 4.68 Å². The smallest absolute Gasteiger partial charge is 0.328 e. The molecule has 1 amide bonds. The van der Waals surface area contributed by atoms with Gasteiger partial charge >= 0.3 is 5.97 Å². The van der Waals surface area contributed by atoms with Crippen LogP contribution in [0.5, 0.6) is 0 Å². The van der Waals surface area contributed by atoms with Gasteiger partial charge in [0.05, 0.1) is 10.8 Å². The fraction of sp³-hybridized carbons (Fsp3) is 0.0909. The maximum atomic E-state index is 12.4. The normalized spacial score (nSPS) is 10.8. The van der Waals surface area contributed by atoms with Crippen molar-refractivity contribution in [1.29, 1.82) is 0 Å². The van der Waals surface area contributed by atoms with Crippen molar-refractivity contribution in [3.05, 3.63) is 87.4 Å². The van der Waals surface area contributed by atoms with Gasteiger partial charge in [-0.2, -0.15) is 0 Å². The first kappa shape index (κ1) is 19.1. The average molecular weight is 403 g/mol. The second-order valence-electron chi connectivity index (χ2n) is 6.61. The lowest BCUT2D eigenvalue weighted by molar-refractivity contribution is -0.148. The monoisotopic (exact) mass is 403 g/mol. The van der Waals surface area contributed by atoms with Crippen molar-refractivity contribution in [2.45, 2.75) is 6.54 Å². The summed E-state index contributed by atoms with van der Waals surface area (Å²) in [6.07, 6.45) is 0. The second-order valence-corrected chi connectivity index (χ2v) is 6.61. The number of amides is 1. The van der Waals surface area contributed by atoms with Gasteiger partial charge in [-0.05, 0) is 23.6 Å². The number of carbonyl (C=O) groups excluding carboxylic acids is 2. The number of benzene rings is 3. The largest absolute Gasteiger partial charge is 0.454 e. The maximum absolute atomic E-state index is 12.4. The minimum atomic E-state index is -0.823. The zero-order chi connectivity index (χ0) is 21.1. The summed E-state index contributed by atoms with van der Waals surface area (Å²) >= 11 is 0. The van der Waals surface area contributed by atoms with E-state index in [2.05, 4.69) is 10.4 Å². The predicted molar refractivity (Wildman–Crippen MR) is 112 cm³/mol. The summed E-state index contributed by atoms with van der Waals surface area (Å²) < 4.78 is 5.84. The molecule has 8 nitrogen and oxygen atoms in total. The first-order valence-electron chi connectivity index (χ1n) is 9.18. The molecule has 0 aliphatic rings. The number of aromatic nitrogens is 2. The Morgan fingerprint density at radius 1 is 0.867 bits per heavy atom. The number of ether oxygens (including phenoxy) is 1. The van der Waals surface area contributed by atoms with E-state index < -0.39 is 36.1 Å². The lowest BCUT2D eigenvalue weighted by atomic mass is 10.1. The summed E-state index contributed by atoms with van der Waals surface area (Å²) in [7, 11) is 0. The average Bonchev–Trinajstić information content (AvgIpc) is 2.76. The minimum Gasteiger partial charge on any atom is -0.454 e. The molecule has 8 heteroatoms. The third kappa shape index (κ3) is 3.83. The van der Waals surface area contributed by atoms with Gasteiger partial charge in [-0.15, -0.1) is 0 Å². The van der Waals surface area contributed by atoms with Crippen molar-refractivity contribution in [2.75, 3.05) is 11.9 Å². The van der Waals surface area contributed by atoms with Crippen LogP contribution in [0.2, 0.25) is 0 Å². The Hall–Kier alpha value is -4.20. The zero-order valence-electron chi connectivity index (χ0n) is 15.8. The Balaban J connectivity index is 1.42. The summed E-state index contributed by atoms with van der Waals surface area (Å²) in [4.78, 5) is 48.8. The summed E-state index contributed by atoms with van der Waals surface area (Å²) in [6.45, 7) is -1.03. The molecule has 4 rings (SSSR count). The number of nitrogens with one attached hydrogen (secondary N) is 2. The van der Waals surface area contributed by atoms with Crippen LogP contribution < -0.4 is 16.4 Å². The van der Waals surface area contributed by atoms with E-state index in [1.165, 1.54) is 12.1 Å². The first-order valence-corrected chi connectivity index (χ1v) is 9.18. The molecule has 0 aliphatic heterocycles. The highest BCUT2D eigenvalue weighted by Gasteiger charge is 2.13. The number of hydrogen-bond donors (Lipinski definition) is 2. The predicted octanol–water partition coefficient (Wildman–Crippen LogP) is 2.02. The van der Waals surface area contributed by atoms with E-state index in [0.717, 1.165) is 15.5 Å². The van der Waals surface area contributed by atoms with Gasteiger partial charge in [0.25, 0.3) is 17.0 Å². The number of carbonyl (C=O) groups is 2. The molecule has 1 heterocycles. The third-order valence-electron chi connectivity index (χ3n) is 4.60. The number of fused-ring (bicyclic) bond motifs is 2. The molecule has 0 bridgehead atoms. The van der Waals surface area contributed by atoms with E-state index in [4.69, 9.17) is 4.74 Å². The quantitative estimate of drug-likeness (QED) is 0.496. The van der Waals surface area contributed by atoms with E-state index in [-0.39, 0.29) is 10.8 Å². The molecular formula is C22H17N3O5. The van der Waals surface area contributed by atoms with E-state index in [9.17, 15) is 19.2 Å². The van der Waals surface area contributed by atoms with Crippen LogP contribution in [0.4, 0.5) is 5.69 Å². The van der Waals surface area contributed by atoms with Gasteiger partial charge in [0.1, 0.15) is 6.54 Å². The van der Waals surface area contributed by atoms with Crippen molar-refractivity contribution in [1.82, 2.24) is 9.78 Å². The van der Waals surface area contributed by atoms with E-state index in [0.29, 0.717) is 5.69 Å². The van der Waals surface area contributed by atoms with Crippen LogP contribution in [0.1, 0.15) is 0 Å². The van der Waals surface area contributed by atoms with Crippen LogP contribution in [0.15, 0.2) is 76.3 Å². The van der Waals surface area contributed by atoms with Gasteiger partial charge in [0.2, 0.25) is 0 Å². The molecule has 150 valence electrons. The molecule has 4 aromatic rings. The number of esters is 1. The number of anilines is 1. The molecule has 0 saturated carbocycles. The van der Waals surface area contributed by atoms with Crippen molar-refractivity contribution >= 4 is 39.1 Å². The van der Waals surface area contributed by atoms with Gasteiger partial charge in [0, 0.05) is 11.1 Å². The minimum absolute atomic E-state index is 0.197. The molecule has 0 spiro atoms. The van der Waals surface area contributed by atoms with Gasteiger partial charge < -0.3 is 10.1 Å². The van der Waals surface area contributed by atoms with Crippen LogP contribution >= 0.6 is 0 Å². The topological polar surface area (TPSA) is 110 Å². The molecule has 30 heavy (non-hydrogen) atoms. The Morgan fingerprint density at radius 2 is 1.53 bits per heavy atom. The Bertz CT molecular complexity index is 1380. The Morgan fingerprint density at radius 3 is 2.33 bits per heavy atom. The Kier molecular flexibility index (Phi) is 5.13. The lowest BCUT2D eigenvalue weighted by Gasteiger charge is -2.10. The molecule has 1 aromatic heterocycles. The van der Waals surface area contributed by atoms with Crippen LogP contribution in [-0.2, 0) is 20.9 Å². The Labute approximate surface area is 169 Å². The highest BCUT2D eigenvalue weighted by Crippen LogP contribution is 2.22. The van der Waals surface area contributed by atoms with Crippen LogP contribution in [0, 0.1) is 0 Å². The number of hydrogen-bond acceptors (Lipinski definition) is 5. The van der Waals surface area contributed by atoms with Crippen LogP contribution in [0.3, 0.4) is 0 Å². The molecule has 3 aromatic carbocycles. The van der Waals surface area contributed by atoms with Crippen molar-refractivity contribution in [3.8, 4) is 0 Å². The van der Waals surface area contributed by atoms with Crippen LogP contribution in [-0.4, -0.2) is 28.3 Å². The molecular weight excluding hydrogens is 386 g/mol. The number of rotatable bonds is 5. The summed E-state index contributed by atoms with van der Waals surface area (Å²) in [5.41, 5.74) is -0.418. The number of nitrogens with zero attached hydrogens (tertiary/aromatic N) is 1. The van der Waals surface area contributed by atoms with Crippen molar-refractivity contribution in [2.24, 2.45) is 0 Å². The standard InChI is InChI=1S/C22H17N3O5/c26-19(23-18-11-5-7-14-6-1-2-8-15(14)18)13-30-20(27)12-25-22(29)17-10-4-3-9-16(17)21(28)24-25/h1-11H,12-13H2,(H,23,26)(H,24,28). The molecule has 0 saturated heterocycles. The van der Waals surface area contributed by atoms with Gasteiger partial charge in [-0.1, -0.05) is 48.5 Å². The first-order chi connectivity index (χ1) is 14.5. The summed E-state index contributed by atoms with van der Waals surface area (Å²) in [5, 5.41) is 7.31. The highest BCUT2D eigenvalue weighted by molar-refractivity contribution is 6.02. The molecule has 2 N–H and O–H groups in total. The van der Waals surface area contributed by atoms with Crippen molar-refractivity contribution in [3.63, 3.8) is 0 Å². The molecule has 0 radical (unpaired) electrons. The summed E-state index contributed by atoms with van der Waals surface area (Å²) in [5.74, 6) is -1.34. The zero-order valence-corrected chi connectivity index (χ0v) is 15.8. The number of aromatic amines is 1. The fourth-order valence-corrected chi connectivity index (χ4v) is 3.20. The van der Waals surface area contributed by atoms with Gasteiger partial charge in [-0.3, -0.25) is 24.3 Å². The van der Waals surface area contributed by atoms with E-state index in [1.54, 1.807) is 18.2 Å².